The summed E-state index contributed by atoms with van der Waals surface area (Å²) in [5, 5.41) is 28.3. The summed E-state index contributed by atoms with van der Waals surface area (Å²) in [6.45, 7) is 3.29. The number of alkyl halides is 2. The van der Waals surface area contributed by atoms with Crippen molar-refractivity contribution in [3.05, 3.63) is 120 Å². The van der Waals surface area contributed by atoms with Crippen LogP contribution in [-0.4, -0.2) is 270 Å². The van der Waals surface area contributed by atoms with Crippen LogP contribution in [0.3, 0.4) is 0 Å². The number of piperazine rings is 3. The van der Waals surface area contributed by atoms with Crippen molar-refractivity contribution in [3.63, 3.8) is 0 Å². The maximum atomic E-state index is 12.9. The first kappa shape index (κ1) is 110. The van der Waals surface area contributed by atoms with E-state index >= 15 is 0 Å². The number of furan rings is 4. The summed E-state index contributed by atoms with van der Waals surface area (Å²) in [6.07, 6.45) is 14.8. The number of aromatic nitrogens is 2. The normalized spacial score (nSPS) is 17.1. The van der Waals surface area contributed by atoms with Crippen LogP contribution in [0.25, 0.3) is 0 Å². The molecule has 6 aromatic heterocycles. The molecule has 0 bridgehead atoms. The van der Waals surface area contributed by atoms with Gasteiger partial charge in [-0.1, -0.05) is 39.3 Å². The van der Waals surface area contributed by atoms with Gasteiger partial charge in [-0.25, -0.2) is 62.7 Å². The molecule has 3 aliphatic heterocycles. The molecule has 7 aliphatic rings. The van der Waals surface area contributed by atoms with E-state index in [9.17, 15) is 77.1 Å². The summed E-state index contributed by atoms with van der Waals surface area (Å²) in [7, 11) is -13.7. The van der Waals surface area contributed by atoms with E-state index < -0.39 is 106 Å². The van der Waals surface area contributed by atoms with Crippen molar-refractivity contribution in [2.45, 2.75) is 143 Å². The van der Waals surface area contributed by atoms with Gasteiger partial charge in [0.05, 0.1) is 85.4 Å². The zero-order valence-electron chi connectivity index (χ0n) is 65.8. The Labute approximate surface area is 807 Å². The van der Waals surface area contributed by atoms with Crippen molar-refractivity contribution in [2.24, 2.45) is 0 Å². The van der Waals surface area contributed by atoms with Gasteiger partial charge in [-0.2, -0.15) is 12.9 Å². The standard InChI is InChI=1S/C17H20N4O5S2.C16H22N2O6S.C14H18N2O6S.C14H20N2O6S.C3H4N2S.C2H4Br2.CH2O3.CH4.2K.Li.H2O.H/c22-15-11-20(28(24,25)13-3-4-13)6-7-21(15)14(10-12-2-1-8-26-12)16(23)19-17-18-5-9-27-17;1-2-23-16(20)14(10-12-4-3-9-24-12)18-8-7-17(11-15(18)19)25(21,22)13-5-6-13;17-13-9-15(23(20,21)11-3-4-11)5-6-16(13)12(14(18)19)8-10-2-1-7-22-10;1-2-21-14(18)12(8-10-4-3-7-22-10)16-13(17)9-15-23(19,20)11-5-6-11;4-3-5-1-2-6-3;3-1-2-4;2-1-4-3;;;;;;/h1-2,5,8-9,13-14H,3-4,6-7,10-11H2,(H,18,19,23);3-4,9,13-14H,2,5-8,10-11H2,1H3;1-2,7,11-12H,3-6,8-9H2,(H,18,19);3-4,7,11-12,15H,2,5-6,8-9H2,1H3,(H,16,17);1-2H,(H2,4,5);1-2H2;1,3H;1H4;;;;1H2;/q;;;;;;;;3*+1;;-1/p-2/t;14-;2*12-;;;;;;;;;/m.000........./s1. The molecule has 39 nitrogen and oxygen atoms in total. The molecular formula is C68H95Br2K2LiN12O27S6. The van der Waals surface area contributed by atoms with E-state index in [-0.39, 0.29) is 274 Å². The van der Waals surface area contributed by atoms with Crippen molar-refractivity contribution < 1.29 is 248 Å². The first-order chi connectivity index (χ1) is 53.9. The summed E-state index contributed by atoms with van der Waals surface area (Å²) in [4.78, 5) is 121. The van der Waals surface area contributed by atoms with Gasteiger partial charge >= 0.3 is 140 Å². The average molecular weight is 1950 g/mol. The molecule has 50 heteroatoms. The molecule has 3 saturated heterocycles. The van der Waals surface area contributed by atoms with Gasteiger partial charge < -0.3 is 80.4 Å². The van der Waals surface area contributed by atoms with E-state index in [0.29, 0.717) is 84.7 Å². The molecule has 7 fully saturated rings. The maximum Gasteiger partial charge on any atom is 1.00 e. The fourth-order valence-corrected chi connectivity index (χ4v) is 18.7. The predicted octanol–water partition coefficient (Wildman–Crippen LogP) is -6.30. The third-order valence-electron chi connectivity index (χ3n) is 17.3. The van der Waals surface area contributed by atoms with Crippen molar-refractivity contribution >= 4 is 159 Å². The minimum Gasteiger partial charge on any atom is -1.00 e. The second-order valence-corrected chi connectivity index (χ2v) is 37.6. The van der Waals surface area contributed by atoms with Crippen molar-refractivity contribution in [3.8, 4) is 0 Å². The average Bonchev–Trinajstić information content (AvgIpc) is 1.55. The molecular weight excluding hydrogens is 1850 g/mol. The van der Waals surface area contributed by atoms with E-state index in [4.69, 9.17) is 42.9 Å². The van der Waals surface area contributed by atoms with E-state index in [1.807, 2.05) is 5.38 Å². The van der Waals surface area contributed by atoms with Gasteiger partial charge in [0.15, 0.2) is 10.3 Å². The summed E-state index contributed by atoms with van der Waals surface area (Å²) in [5.74, 6) is -2.35. The molecule has 9 heterocycles. The van der Waals surface area contributed by atoms with Gasteiger partial charge in [0.1, 0.15) is 47.2 Å². The molecule has 4 saturated carbocycles. The van der Waals surface area contributed by atoms with E-state index in [1.165, 1.54) is 75.3 Å². The first-order valence-corrected chi connectivity index (χ1v) is 45.5. The van der Waals surface area contributed by atoms with Gasteiger partial charge in [0.25, 0.3) is 6.47 Å². The Morgan fingerprint density at radius 2 is 0.966 bits per heavy atom. The number of anilines is 2. The molecule has 118 heavy (non-hydrogen) atoms. The number of aliphatic carboxylic acids is 1. The minimum absolute atomic E-state index is 0. The Bertz CT molecular complexity index is 4490. The number of thiazole rings is 2. The van der Waals surface area contributed by atoms with Crippen LogP contribution in [0, 0.1) is 0 Å². The SMILES string of the molecule is BrCCBr.C.CCOC(=O)[C@H](Cc1ccco1)N1CCN(S(=O)(=O)C2CC2)CC1=O.CCOC(=O)[C@H](Cc1ccco1)NC(=O)CNS(=O)(=O)C1CC1.Nc1nccs1.O=C(Nc1nccs1)C(Cc1ccco1)N1CCN(S(=O)(=O)C2CC2)CC1=O.O=C(O)[C@H](Cc1ccco1)N1CCN(S(=O)(=O)C2CC2)CC1=O.O=CO[O-].[H-].[K+].[K+].[Li+].[OH-]. The number of carboxylic acid groups (broad SMARTS) is 1. The van der Waals surface area contributed by atoms with Crippen LogP contribution in [0.4, 0.5) is 10.3 Å². The molecule has 0 spiro atoms. The third kappa shape index (κ3) is 35.4. The number of hydrogen-bond donors (Lipinski definition) is 5. The molecule has 0 radical (unpaired) electrons. The van der Waals surface area contributed by atoms with E-state index in [1.54, 1.807) is 80.2 Å². The second kappa shape index (κ2) is 54.5. The molecule has 0 aromatic carbocycles. The van der Waals surface area contributed by atoms with E-state index in [2.05, 4.69) is 62.1 Å². The molecule has 642 valence electrons. The topological polar surface area (TPSA) is 551 Å². The number of hydrogen-bond acceptors (Lipinski definition) is 31. The maximum absolute atomic E-state index is 12.9. The summed E-state index contributed by atoms with van der Waals surface area (Å²) < 4.78 is 134. The van der Waals surface area contributed by atoms with Crippen molar-refractivity contribution in [1.82, 2.24) is 47.6 Å². The van der Waals surface area contributed by atoms with Crippen molar-refractivity contribution in [2.75, 3.05) is 100 Å². The fourth-order valence-electron chi connectivity index (χ4n) is 11.1. The molecule has 6 aromatic rings. The zero-order chi connectivity index (χ0) is 82.5. The van der Waals surface area contributed by atoms with Gasteiger partial charge in [-0.05, 0) is 114 Å². The Hall–Kier alpha value is -4.20. The number of carboxylic acids is 1. The van der Waals surface area contributed by atoms with Crippen LogP contribution in [-0.2, 0) is 123 Å². The van der Waals surface area contributed by atoms with Crippen LogP contribution >= 0.6 is 54.5 Å². The first-order valence-electron chi connectivity index (χ1n) is 35.4. The molecule has 5 amide bonds. The molecule has 4 atom stereocenters. The molecule has 7 N–H and O–H groups in total. The Morgan fingerprint density at radius 3 is 1.28 bits per heavy atom. The number of rotatable bonds is 31. The van der Waals surface area contributed by atoms with Crippen LogP contribution in [0.15, 0.2) is 114 Å². The molecule has 1 unspecified atom stereocenters. The number of amides is 5. The number of esters is 2. The number of nitrogens with zero attached hydrogens (tertiary/aromatic N) is 8. The molecule has 4 aliphatic carbocycles. The fraction of sp³-hybridized carbons (Fsp3) is 0.544. The quantitative estimate of drug-likeness (QED) is 0.00675. The van der Waals surface area contributed by atoms with Gasteiger partial charge in [0.2, 0.25) is 69.6 Å². The van der Waals surface area contributed by atoms with Crippen molar-refractivity contribution in [1.29, 1.82) is 0 Å². The Kier molecular flexibility index (Phi) is 50.8. The van der Waals surface area contributed by atoms with Crippen LogP contribution < -0.4 is 148 Å². The Balaban J connectivity index is 0.000000740. The van der Waals surface area contributed by atoms with Crippen LogP contribution in [0.2, 0.25) is 0 Å². The van der Waals surface area contributed by atoms with Gasteiger partial charge in [-0.15, -0.1) is 22.7 Å². The number of halogens is 2. The smallest absolute Gasteiger partial charge is 1.00 e. The number of carbonyl (C=O) groups excluding carboxylic acids is 8. The summed E-state index contributed by atoms with van der Waals surface area (Å²) >= 11 is 9.13. The number of sulfonamides is 4. The largest absolute Gasteiger partial charge is 1.00 e. The molecule has 13 rings (SSSR count). The van der Waals surface area contributed by atoms with Crippen LogP contribution in [0.1, 0.15) is 97.1 Å². The monoisotopic (exact) mass is 1950 g/mol. The van der Waals surface area contributed by atoms with E-state index in [0.717, 1.165) is 10.7 Å². The van der Waals surface area contributed by atoms with Gasteiger partial charge in [-0.3, -0.25) is 28.8 Å². The second-order valence-electron chi connectivity index (χ2n) is 25.5. The number of nitrogen functional groups attached to an aromatic ring is 1. The number of ether oxygens (including phenoxy) is 2. The van der Waals surface area contributed by atoms with Crippen LogP contribution in [0.5, 0.6) is 0 Å². The summed E-state index contributed by atoms with van der Waals surface area (Å²) in [6, 6.07) is 9.91. The Morgan fingerprint density at radius 1 is 0.602 bits per heavy atom. The third-order valence-corrected chi connectivity index (χ3v) is 29.4. The number of nitrogens with two attached hydrogens (primary N) is 1. The van der Waals surface area contributed by atoms with Gasteiger partial charge in [0, 0.05) is 98.8 Å². The number of carbonyl (C=O) groups is 9. The number of nitrogens with one attached hydrogen (secondary N) is 3. The minimum atomic E-state index is -3.44. The predicted molar refractivity (Wildman–Crippen MR) is 421 cm³/mol. The zero-order valence-corrected chi connectivity index (χ0v) is 79.1. The summed E-state index contributed by atoms with van der Waals surface area (Å²) in [5.41, 5.74) is 5.19.